The van der Waals surface area contributed by atoms with Crippen LogP contribution in [0.3, 0.4) is 0 Å². The molecule has 19 heavy (non-hydrogen) atoms. The van der Waals surface area contributed by atoms with Crippen LogP contribution in [0.25, 0.3) is 0 Å². The van der Waals surface area contributed by atoms with Crippen molar-refractivity contribution in [3.05, 3.63) is 0 Å². The molecule has 0 N–H and O–H groups in total. The number of likely N-dealkylation sites (tertiary alicyclic amines) is 1. The molecule has 0 unspecified atom stereocenters. The number of piperidine rings is 1. The third kappa shape index (κ3) is 2.15. The minimum absolute atomic E-state index is 0.0225. The van der Waals surface area contributed by atoms with Crippen LogP contribution < -0.4 is 0 Å². The van der Waals surface area contributed by atoms with Crippen molar-refractivity contribution in [2.75, 3.05) is 20.2 Å². The zero-order valence-electron chi connectivity index (χ0n) is 11.7. The summed E-state index contributed by atoms with van der Waals surface area (Å²) in [7, 11) is 1.49. The van der Waals surface area contributed by atoms with Crippen molar-refractivity contribution < 1.29 is 14.3 Å². The first kappa shape index (κ1) is 12.9. The molecule has 4 nitrogen and oxygen atoms in total. The summed E-state index contributed by atoms with van der Waals surface area (Å²) in [6, 6.07) is 0. The highest BCUT2D eigenvalue weighted by Crippen LogP contribution is 2.51. The fourth-order valence-electron chi connectivity index (χ4n) is 3.78. The molecule has 0 aromatic carbocycles. The van der Waals surface area contributed by atoms with Crippen LogP contribution in [0.2, 0.25) is 0 Å². The van der Waals surface area contributed by atoms with E-state index < -0.39 is 0 Å². The molecule has 0 radical (unpaired) electrons. The summed E-state index contributed by atoms with van der Waals surface area (Å²) in [5, 5.41) is 0. The highest BCUT2D eigenvalue weighted by atomic mass is 16.5. The molecule has 2 aliphatic carbocycles. The molecule has 0 atom stereocenters. The minimum Gasteiger partial charge on any atom is -0.469 e. The summed E-state index contributed by atoms with van der Waals surface area (Å²) in [5.41, 5.74) is -0.219. The van der Waals surface area contributed by atoms with E-state index in [1.165, 1.54) is 7.11 Å². The highest BCUT2D eigenvalue weighted by Gasteiger charge is 2.52. The molecule has 3 fully saturated rings. The molecule has 1 saturated heterocycles. The fourth-order valence-corrected chi connectivity index (χ4v) is 3.78. The Balaban J connectivity index is 1.59. The molecule has 0 aromatic heterocycles. The number of ether oxygens (including phenoxy) is 1. The van der Waals surface area contributed by atoms with Gasteiger partial charge in [-0.05, 0) is 44.4 Å². The van der Waals surface area contributed by atoms with Gasteiger partial charge >= 0.3 is 5.97 Å². The second-order valence-electron chi connectivity index (χ2n) is 6.38. The lowest BCUT2D eigenvalue weighted by molar-refractivity contribution is -0.166. The van der Waals surface area contributed by atoms with Crippen LogP contribution in [0.1, 0.15) is 44.9 Å². The molecule has 1 aliphatic heterocycles. The lowest BCUT2D eigenvalue weighted by Crippen LogP contribution is -2.50. The average Bonchev–Trinajstić information content (AvgIpc) is 3.21. The van der Waals surface area contributed by atoms with E-state index in [1.807, 2.05) is 4.90 Å². The number of hydrogen-bond acceptors (Lipinski definition) is 3. The number of carbonyl (C=O) groups is 2. The summed E-state index contributed by atoms with van der Waals surface area (Å²) < 4.78 is 5.01. The Kier molecular flexibility index (Phi) is 3.27. The van der Waals surface area contributed by atoms with Crippen LogP contribution in [-0.2, 0) is 14.3 Å². The van der Waals surface area contributed by atoms with E-state index in [0.29, 0.717) is 17.7 Å². The number of carbonyl (C=O) groups excluding carboxylic acids is 2. The van der Waals surface area contributed by atoms with E-state index in [-0.39, 0.29) is 11.4 Å². The van der Waals surface area contributed by atoms with Gasteiger partial charge in [0.25, 0.3) is 0 Å². The largest absolute Gasteiger partial charge is 0.469 e. The van der Waals surface area contributed by atoms with Crippen molar-refractivity contribution in [3.63, 3.8) is 0 Å². The maximum Gasteiger partial charge on any atom is 0.312 e. The molecular weight excluding hydrogens is 242 g/mol. The zero-order valence-corrected chi connectivity index (χ0v) is 11.7. The summed E-state index contributed by atoms with van der Waals surface area (Å²) in [6.07, 6.45) is 7.16. The fraction of sp³-hybridized carbons (Fsp3) is 0.867. The molecule has 106 valence electrons. The summed E-state index contributed by atoms with van der Waals surface area (Å²) in [5.74, 6) is 1.05. The van der Waals surface area contributed by atoms with Crippen molar-refractivity contribution in [1.82, 2.24) is 4.90 Å². The van der Waals surface area contributed by atoms with E-state index in [9.17, 15) is 9.59 Å². The van der Waals surface area contributed by atoms with E-state index in [2.05, 4.69) is 0 Å². The maximum absolute atomic E-state index is 12.0. The Labute approximate surface area is 114 Å². The predicted octanol–water partition coefficient (Wildman–Crippen LogP) is 1.98. The highest BCUT2D eigenvalue weighted by molar-refractivity contribution is 5.81. The SMILES string of the molecule is COC(=O)C1(C2CCN(C(=O)C3CC3)CC2)CCC1. The third-order valence-electron chi connectivity index (χ3n) is 5.35. The van der Waals surface area contributed by atoms with Gasteiger partial charge in [-0.25, -0.2) is 0 Å². The van der Waals surface area contributed by atoms with Gasteiger partial charge in [0.1, 0.15) is 0 Å². The Hall–Kier alpha value is -1.06. The Bertz CT molecular complexity index is 377. The van der Waals surface area contributed by atoms with E-state index in [0.717, 1.165) is 58.0 Å². The third-order valence-corrected chi connectivity index (χ3v) is 5.35. The standard InChI is InChI=1S/C15H23NO3/c1-19-14(18)15(7-2-8-15)12-5-9-16(10-6-12)13(17)11-3-4-11/h11-12H,2-10H2,1H3. The van der Waals surface area contributed by atoms with E-state index in [4.69, 9.17) is 4.74 Å². The van der Waals surface area contributed by atoms with Crippen LogP contribution in [0.4, 0.5) is 0 Å². The molecular formula is C15H23NO3. The van der Waals surface area contributed by atoms with E-state index in [1.54, 1.807) is 0 Å². The molecule has 2 saturated carbocycles. The molecule has 0 bridgehead atoms. The van der Waals surface area contributed by atoms with Gasteiger partial charge in [0.15, 0.2) is 0 Å². The van der Waals surface area contributed by atoms with Crippen molar-refractivity contribution in [1.29, 1.82) is 0 Å². The van der Waals surface area contributed by atoms with Gasteiger partial charge in [0.2, 0.25) is 5.91 Å². The minimum atomic E-state index is -0.219. The first-order chi connectivity index (χ1) is 9.17. The normalized spacial score (nSPS) is 26.7. The summed E-state index contributed by atoms with van der Waals surface area (Å²) >= 11 is 0. The molecule has 0 aromatic rings. The van der Waals surface area contributed by atoms with Gasteiger partial charge in [-0.1, -0.05) is 6.42 Å². The molecule has 0 spiro atoms. The average molecular weight is 265 g/mol. The van der Waals surface area contributed by atoms with Crippen molar-refractivity contribution in [2.24, 2.45) is 17.3 Å². The Morgan fingerprint density at radius 3 is 2.16 bits per heavy atom. The van der Waals surface area contributed by atoms with Crippen LogP contribution >= 0.6 is 0 Å². The van der Waals surface area contributed by atoms with Gasteiger partial charge in [-0.2, -0.15) is 0 Å². The van der Waals surface area contributed by atoms with Gasteiger partial charge in [-0.3, -0.25) is 9.59 Å². The number of hydrogen-bond donors (Lipinski definition) is 0. The Morgan fingerprint density at radius 2 is 1.74 bits per heavy atom. The molecule has 1 amide bonds. The molecule has 1 heterocycles. The zero-order chi connectivity index (χ0) is 13.5. The van der Waals surface area contributed by atoms with Crippen molar-refractivity contribution in [3.8, 4) is 0 Å². The lowest BCUT2D eigenvalue weighted by atomic mass is 9.58. The topological polar surface area (TPSA) is 46.6 Å². The number of esters is 1. The molecule has 3 rings (SSSR count). The Morgan fingerprint density at radius 1 is 1.11 bits per heavy atom. The predicted molar refractivity (Wildman–Crippen MR) is 70.3 cm³/mol. The van der Waals surface area contributed by atoms with Crippen LogP contribution in [0.5, 0.6) is 0 Å². The monoisotopic (exact) mass is 265 g/mol. The van der Waals surface area contributed by atoms with Gasteiger partial charge < -0.3 is 9.64 Å². The van der Waals surface area contributed by atoms with Gasteiger partial charge in [0, 0.05) is 19.0 Å². The number of rotatable bonds is 3. The maximum atomic E-state index is 12.0. The van der Waals surface area contributed by atoms with Crippen LogP contribution in [0.15, 0.2) is 0 Å². The summed E-state index contributed by atoms with van der Waals surface area (Å²) in [4.78, 5) is 26.1. The summed E-state index contributed by atoms with van der Waals surface area (Å²) in [6.45, 7) is 1.66. The first-order valence-electron chi connectivity index (χ1n) is 7.54. The van der Waals surface area contributed by atoms with Crippen LogP contribution in [-0.4, -0.2) is 37.0 Å². The van der Waals surface area contributed by atoms with E-state index >= 15 is 0 Å². The number of nitrogens with zero attached hydrogens (tertiary/aromatic N) is 1. The first-order valence-corrected chi connectivity index (χ1v) is 7.54. The second-order valence-corrected chi connectivity index (χ2v) is 6.38. The second kappa shape index (κ2) is 4.80. The van der Waals surface area contributed by atoms with Crippen molar-refractivity contribution in [2.45, 2.75) is 44.9 Å². The smallest absolute Gasteiger partial charge is 0.312 e. The van der Waals surface area contributed by atoms with Gasteiger partial charge in [0.05, 0.1) is 12.5 Å². The van der Waals surface area contributed by atoms with Crippen molar-refractivity contribution >= 4 is 11.9 Å². The van der Waals surface area contributed by atoms with Crippen LogP contribution in [0, 0.1) is 17.3 Å². The number of methoxy groups -OCH3 is 1. The van der Waals surface area contributed by atoms with Gasteiger partial charge in [-0.15, -0.1) is 0 Å². The lowest BCUT2D eigenvalue weighted by Gasteiger charge is -2.48. The number of amides is 1. The molecule has 3 aliphatic rings. The molecule has 4 heteroatoms. The quantitative estimate of drug-likeness (QED) is 0.733.